The fourth-order valence-corrected chi connectivity index (χ4v) is 3.51. The summed E-state index contributed by atoms with van der Waals surface area (Å²) < 4.78 is 16.9. The average Bonchev–Trinajstić information content (AvgIpc) is 3.32. The van der Waals surface area contributed by atoms with Gasteiger partial charge in [-0.3, -0.25) is 4.79 Å². The maximum absolute atomic E-state index is 12.0. The fourth-order valence-electron chi connectivity index (χ4n) is 3.51. The van der Waals surface area contributed by atoms with E-state index in [1.807, 2.05) is 42.5 Å². The number of hydrogen-bond donors (Lipinski definition) is 1. The summed E-state index contributed by atoms with van der Waals surface area (Å²) in [6, 6.07) is 16.0. The van der Waals surface area contributed by atoms with Crippen LogP contribution in [0.15, 0.2) is 88.8 Å². The zero-order valence-corrected chi connectivity index (χ0v) is 19.5. The smallest absolute Gasteiger partial charge is 0.310 e. The predicted octanol–water partition coefficient (Wildman–Crippen LogP) is 5.94. The van der Waals surface area contributed by atoms with Gasteiger partial charge in [-0.25, -0.2) is 0 Å². The standard InChI is InChI=1S/C28H28N2O4/c1-4-20(16-29)15-26(19(3)11-27(31)32-5-2)34-18-22-13-24-9-10-33-28(24)25(14-22)23-8-6-7-21(12-23)17-30/h4,6-10,12-15H,3,5,11,17-18,30H2,1-2H3/b20-4+,26-15+. The van der Waals surface area contributed by atoms with Crippen LogP contribution < -0.4 is 5.73 Å². The van der Waals surface area contributed by atoms with Crippen LogP contribution in [0.4, 0.5) is 0 Å². The minimum Gasteiger partial charge on any atom is -0.489 e. The highest BCUT2D eigenvalue weighted by atomic mass is 16.5. The average molecular weight is 457 g/mol. The van der Waals surface area contributed by atoms with Crippen molar-refractivity contribution in [1.29, 1.82) is 5.26 Å². The van der Waals surface area contributed by atoms with E-state index in [0.29, 0.717) is 23.5 Å². The monoisotopic (exact) mass is 456 g/mol. The number of allylic oxidation sites excluding steroid dienone is 4. The van der Waals surface area contributed by atoms with Gasteiger partial charge in [0.25, 0.3) is 0 Å². The molecule has 0 aliphatic heterocycles. The number of hydrogen-bond acceptors (Lipinski definition) is 6. The van der Waals surface area contributed by atoms with Gasteiger partial charge in [0, 0.05) is 17.5 Å². The van der Waals surface area contributed by atoms with Gasteiger partial charge in [-0.2, -0.15) is 5.26 Å². The Hall–Kier alpha value is -4.08. The fraction of sp³-hybridized carbons (Fsp3) is 0.214. The van der Waals surface area contributed by atoms with Crippen molar-refractivity contribution < 1.29 is 18.7 Å². The molecule has 6 nitrogen and oxygen atoms in total. The van der Waals surface area contributed by atoms with E-state index in [0.717, 1.165) is 33.2 Å². The molecule has 0 saturated heterocycles. The van der Waals surface area contributed by atoms with E-state index < -0.39 is 5.97 Å². The van der Waals surface area contributed by atoms with E-state index in [4.69, 9.17) is 19.6 Å². The molecule has 2 N–H and O–H groups in total. The highest BCUT2D eigenvalue weighted by Gasteiger charge is 2.14. The number of esters is 1. The predicted molar refractivity (Wildman–Crippen MR) is 132 cm³/mol. The van der Waals surface area contributed by atoms with Gasteiger partial charge < -0.3 is 19.6 Å². The molecule has 0 aliphatic carbocycles. The minimum atomic E-state index is -0.400. The van der Waals surface area contributed by atoms with E-state index in [1.54, 1.807) is 32.3 Å². The summed E-state index contributed by atoms with van der Waals surface area (Å²) >= 11 is 0. The van der Waals surface area contributed by atoms with Crippen molar-refractivity contribution in [1.82, 2.24) is 0 Å². The van der Waals surface area contributed by atoms with Crippen LogP contribution in [-0.2, 0) is 27.4 Å². The quantitative estimate of drug-likeness (QED) is 0.175. The Morgan fingerprint density at radius 3 is 2.74 bits per heavy atom. The van der Waals surface area contributed by atoms with Crippen LogP contribution in [-0.4, -0.2) is 12.6 Å². The van der Waals surface area contributed by atoms with Crippen LogP contribution in [0, 0.1) is 11.3 Å². The summed E-state index contributed by atoms with van der Waals surface area (Å²) in [5.74, 6) is -0.0375. The second kappa shape index (κ2) is 11.7. The number of nitriles is 1. The summed E-state index contributed by atoms with van der Waals surface area (Å²) in [5, 5.41) is 10.3. The number of carbonyl (C=O) groups excluding carboxylic acids is 1. The van der Waals surface area contributed by atoms with Gasteiger partial charge in [0.1, 0.15) is 17.9 Å². The SMILES string of the molecule is C=C(CC(=O)OCC)/C(=C\C(C#N)=C/C)OCc1cc(-c2cccc(CN)c2)c2occc2c1. The molecule has 0 bridgehead atoms. The second-order valence-electron chi connectivity index (χ2n) is 7.63. The summed E-state index contributed by atoms with van der Waals surface area (Å²) in [6.07, 6.45) is 4.88. The molecule has 0 aliphatic rings. The van der Waals surface area contributed by atoms with Gasteiger partial charge in [-0.1, -0.05) is 30.9 Å². The van der Waals surface area contributed by atoms with Gasteiger partial charge in [0.2, 0.25) is 0 Å². The molecule has 0 amide bonds. The number of benzene rings is 2. The molecular weight excluding hydrogens is 428 g/mol. The third kappa shape index (κ3) is 6.03. The maximum atomic E-state index is 12.0. The van der Waals surface area contributed by atoms with Crippen molar-refractivity contribution in [2.24, 2.45) is 5.73 Å². The van der Waals surface area contributed by atoms with Gasteiger partial charge in [0.15, 0.2) is 0 Å². The summed E-state index contributed by atoms with van der Waals surface area (Å²) in [5.41, 5.74) is 11.3. The molecular formula is C28H28N2O4. The topological polar surface area (TPSA) is 98.5 Å². The van der Waals surface area contributed by atoms with Crippen molar-refractivity contribution in [2.45, 2.75) is 33.4 Å². The maximum Gasteiger partial charge on any atom is 0.310 e. The first-order chi connectivity index (χ1) is 16.5. The molecule has 0 saturated carbocycles. The van der Waals surface area contributed by atoms with Gasteiger partial charge in [0.05, 0.1) is 30.9 Å². The highest BCUT2D eigenvalue weighted by Crippen LogP contribution is 2.32. The largest absolute Gasteiger partial charge is 0.489 e. The second-order valence-corrected chi connectivity index (χ2v) is 7.63. The Morgan fingerprint density at radius 1 is 1.21 bits per heavy atom. The number of furan rings is 1. The first-order valence-corrected chi connectivity index (χ1v) is 11.0. The van der Waals surface area contributed by atoms with Gasteiger partial charge >= 0.3 is 5.97 Å². The van der Waals surface area contributed by atoms with Crippen molar-refractivity contribution >= 4 is 16.9 Å². The van der Waals surface area contributed by atoms with E-state index >= 15 is 0 Å². The summed E-state index contributed by atoms with van der Waals surface area (Å²) in [6.45, 7) is 8.42. The lowest BCUT2D eigenvalue weighted by atomic mass is 9.99. The third-order valence-corrected chi connectivity index (χ3v) is 5.22. The number of nitrogens with zero attached hydrogens (tertiary/aromatic N) is 1. The van der Waals surface area contributed by atoms with E-state index in [2.05, 4.69) is 12.6 Å². The number of nitrogens with two attached hydrogens (primary N) is 1. The summed E-state index contributed by atoms with van der Waals surface area (Å²) in [7, 11) is 0. The van der Waals surface area contributed by atoms with Crippen molar-refractivity contribution in [3.8, 4) is 17.2 Å². The van der Waals surface area contributed by atoms with E-state index in [-0.39, 0.29) is 19.6 Å². The van der Waals surface area contributed by atoms with Crippen LogP contribution in [0.3, 0.4) is 0 Å². The summed E-state index contributed by atoms with van der Waals surface area (Å²) in [4.78, 5) is 12.0. The Balaban J connectivity index is 1.92. The Bertz CT molecular complexity index is 1290. The third-order valence-electron chi connectivity index (χ3n) is 5.22. The lowest BCUT2D eigenvalue weighted by molar-refractivity contribution is -0.142. The Labute approximate surface area is 199 Å². The molecule has 0 unspecified atom stereocenters. The molecule has 0 atom stereocenters. The molecule has 0 radical (unpaired) electrons. The van der Waals surface area contributed by atoms with Gasteiger partial charge in [-0.05, 0) is 66.5 Å². The van der Waals surface area contributed by atoms with Crippen molar-refractivity contribution in [3.05, 3.63) is 95.5 Å². The molecule has 0 fully saturated rings. The molecule has 3 aromatic rings. The van der Waals surface area contributed by atoms with Gasteiger partial charge in [-0.15, -0.1) is 0 Å². The normalized spacial score (nSPS) is 11.8. The number of ether oxygens (including phenoxy) is 2. The van der Waals surface area contributed by atoms with Crippen LogP contribution in [0.2, 0.25) is 0 Å². The molecule has 34 heavy (non-hydrogen) atoms. The first-order valence-electron chi connectivity index (χ1n) is 11.0. The number of rotatable bonds is 10. The van der Waals surface area contributed by atoms with Crippen LogP contribution in [0.1, 0.15) is 31.4 Å². The van der Waals surface area contributed by atoms with Crippen LogP contribution >= 0.6 is 0 Å². The zero-order chi connectivity index (χ0) is 24.5. The molecule has 3 rings (SSSR count). The Morgan fingerprint density at radius 2 is 2.03 bits per heavy atom. The van der Waals surface area contributed by atoms with Crippen molar-refractivity contribution in [3.63, 3.8) is 0 Å². The lowest BCUT2D eigenvalue weighted by Gasteiger charge is -2.14. The molecule has 1 heterocycles. The Kier molecular flexibility index (Phi) is 8.44. The molecule has 1 aromatic heterocycles. The highest BCUT2D eigenvalue weighted by molar-refractivity contribution is 5.93. The molecule has 0 spiro atoms. The molecule has 2 aromatic carbocycles. The molecule has 6 heteroatoms. The lowest BCUT2D eigenvalue weighted by Crippen LogP contribution is -2.07. The van der Waals surface area contributed by atoms with E-state index in [9.17, 15) is 10.1 Å². The number of carbonyl (C=O) groups is 1. The number of fused-ring (bicyclic) bond motifs is 1. The van der Waals surface area contributed by atoms with Crippen LogP contribution in [0.5, 0.6) is 0 Å². The van der Waals surface area contributed by atoms with Crippen LogP contribution in [0.25, 0.3) is 22.1 Å². The zero-order valence-electron chi connectivity index (χ0n) is 19.5. The first kappa shape index (κ1) is 24.6. The minimum absolute atomic E-state index is 0.0278. The van der Waals surface area contributed by atoms with Crippen molar-refractivity contribution in [2.75, 3.05) is 6.61 Å². The van der Waals surface area contributed by atoms with E-state index in [1.165, 1.54) is 0 Å². The molecule has 174 valence electrons.